The van der Waals surface area contributed by atoms with Crippen LogP contribution in [0.3, 0.4) is 0 Å². The Morgan fingerprint density at radius 3 is 2.25 bits per heavy atom. The molecule has 0 saturated heterocycles. The second-order valence-electron chi connectivity index (χ2n) is 4.62. The van der Waals surface area contributed by atoms with Gasteiger partial charge in [0.25, 0.3) is 0 Å². The minimum atomic E-state index is 0.0709. The zero-order valence-corrected chi connectivity index (χ0v) is 12.7. The van der Waals surface area contributed by atoms with E-state index in [2.05, 4.69) is 18.2 Å². The van der Waals surface area contributed by atoms with Gasteiger partial charge in [-0.15, -0.1) is 23.2 Å². The van der Waals surface area contributed by atoms with Gasteiger partial charge in [0, 0.05) is 24.8 Å². The van der Waals surface area contributed by atoms with E-state index in [1.807, 2.05) is 24.3 Å². The Hall–Kier alpha value is -1.25. The zero-order valence-electron chi connectivity index (χ0n) is 11.2. The molecule has 0 saturated carbocycles. The number of nitrogens with zero attached hydrogens (tertiary/aromatic N) is 1. The molecule has 0 radical (unpaired) electrons. The molecule has 0 spiro atoms. The Morgan fingerprint density at radius 1 is 0.950 bits per heavy atom. The van der Waals surface area contributed by atoms with Gasteiger partial charge in [0.15, 0.2) is 0 Å². The first-order chi connectivity index (χ1) is 9.74. The average Bonchev–Trinajstić information content (AvgIpc) is 2.47. The molecule has 20 heavy (non-hydrogen) atoms. The lowest BCUT2D eigenvalue weighted by molar-refractivity contribution is -0.130. The van der Waals surface area contributed by atoms with E-state index in [0.717, 1.165) is 10.9 Å². The molecule has 0 fully saturated rings. The van der Waals surface area contributed by atoms with Crippen LogP contribution in [0, 0.1) is 0 Å². The van der Waals surface area contributed by atoms with Crippen molar-refractivity contribution in [2.75, 3.05) is 24.8 Å². The van der Waals surface area contributed by atoms with Crippen LogP contribution >= 0.6 is 23.2 Å². The number of halogens is 2. The summed E-state index contributed by atoms with van der Waals surface area (Å²) in [4.78, 5) is 14.0. The number of carbonyl (C=O) groups is 1. The summed E-state index contributed by atoms with van der Waals surface area (Å²) in [6, 6.07) is 14.2. The van der Waals surface area contributed by atoms with E-state index in [-0.39, 0.29) is 5.91 Å². The predicted octanol–water partition coefficient (Wildman–Crippen LogP) is 3.69. The van der Waals surface area contributed by atoms with E-state index < -0.39 is 0 Å². The topological polar surface area (TPSA) is 20.3 Å². The van der Waals surface area contributed by atoms with Crippen molar-refractivity contribution >= 4 is 39.9 Å². The fraction of sp³-hybridized carbons (Fsp3) is 0.312. The smallest absolute Gasteiger partial charge is 0.227 e. The first-order valence-corrected chi connectivity index (χ1v) is 7.69. The Morgan fingerprint density at radius 2 is 1.60 bits per heavy atom. The van der Waals surface area contributed by atoms with Crippen LogP contribution in [0.5, 0.6) is 0 Å². The van der Waals surface area contributed by atoms with Crippen LogP contribution in [0.4, 0.5) is 0 Å². The van der Waals surface area contributed by atoms with Gasteiger partial charge in [-0.05, 0) is 16.3 Å². The number of alkyl halides is 2. The molecular weight excluding hydrogens is 293 g/mol. The highest BCUT2D eigenvalue weighted by Crippen LogP contribution is 2.16. The minimum absolute atomic E-state index is 0.0709. The quantitative estimate of drug-likeness (QED) is 0.745. The standard InChI is InChI=1S/C16H17Cl2NO/c17-7-9-19(10-8-18)16(20)12-13-5-6-14-3-1-2-4-15(14)11-13/h1-6,11H,7-10,12H2. The molecule has 106 valence electrons. The van der Waals surface area contributed by atoms with Gasteiger partial charge in [-0.25, -0.2) is 0 Å². The number of carbonyl (C=O) groups excluding carboxylic acids is 1. The Kier molecular flexibility index (Phi) is 5.69. The molecule has 2 aromatic rings. The van der Waals surface area contributed by atoms with E-state index in [4.69, 9.17) is 23.2 Å². The third-order valence-electron chi connectivity index (χ3n) is 3.23. The molecule has 1 amide bonds. The van der Waals surface area contributed by atoms with Crippen LogP contribution in [0.25, 0.3) is 10.8 Å². The molecule has 0 bridgehead atoms. The van der Waals surface area contributed by atoms with Crippen LogP contribution in [0.1, 0.15) is 5.56 Å². The molecule has 0 atom stereocenters. The summed E-state index contributed by atoms with van der Waals surface area (Å²) in [5, 5.41) is 2.33. The van der Waals surface area contributed by atoms with E-state index in [9.17, 15) is 4.79 Å². The Bertz CT molecular complexity index is 579. The molecule has 0 unspecified atom stereocenters. The summed E-state index contributed by atoms with van der Waals surface area (Å²) in [6.07, 6.45) is 0.388. The van der Waals surface area contributed by atoms with Crippen LogP contribution in [0.2, 0.25) is 0 Å². The van der Waals surface area contributed by atoms with Crippen LogP contribution in [-0.2, 0) is 11.2 Å². The normalized spacial score (nSPS) is 10.7. The number of amides is 1. The SMILES string of the molecule is O=C(Cc1ccc2ccccc2c1)N(CCCl)CCCl. The summed E-state index contributed by atoms with van der Waals surface area (Å²) in [5.41, 5.74) is 1.02. The van der Waals surface area contributed by atoms with Gasteiger partial charge in [-0.1, -0.05) is 42.5 Å². The molecule has 0 heterocycles. The van der Waals surface area contributed by atoms with E-state index in [0.29, 0.717) is 31.3 Å². The van der Waals surface area contributed by atoms with Crippen molar-refractivity contribution in [1.82, 2.24) is 4.90 Å². The molecule has 0 aliphatic carbocycles. The van der Waals surface area contributed by atoms with Crippen molar-refractivity contribution in [3.8, 4) is 0 Å². The van der Waals surface area contributed by atoms with E-state index >= 15 is 0 Å². The van der Waals surface area contributed by atoms with Crippen LogP contribution in [-0.4, -0.2) is 35.7 Å². The summed E-state index contributed by atoms with van der Waals surface area (Å²) < 4.78 is 0. The van der Waals surface area contributed by atoms with Gasteiger partial charge in [-0.2, -0.15) is 0 Å². The minimum Gasteiger partial charge on any atom is -0.340 e. The van der Waals surface area contributed by atoms with Crippen LogP contribution in [0.15, 0.2) is 42.5 Å². The van der Waals surface area contributed by atoms with Crippen LogP contribution < -0.4 is 0 Å². The lowest BCUT2D eigenvalue weighted by Gasteiger charge is -2.20. The number of hydrogen-bond acceptors (Lipinski definition) is 1. The van der Waals surface area contributed by atoms with Crippen molar-refractivity contribution in [3.05, 3.63) is 48.0 Å². The molecule has 2 aromatic carbocycles. The molecule has 0 aromatic heterocycles. The van der Waals surface area contributed by atoms with Gasteiger partial charge >= 0.3 is 0 Å². The van der Waals surface area contributed by atoms with Crippen molar-refractivity contribution < 1.29 is 4.79 Å². The maximum Gasteiger partial charge on any atom is 0.227 e. The summed E-state index contributed by atoms with van der Waals surface area (Å²) in [5.74, 6) is 0.933. The molecule has 0 N–H and O–H groups in total. The number of fused-ring (bicyclic) bond motifs is 1. The van der Waals surface area contributed by atoms with Crippen molar-refractivity contribution in [1.29, 1.82) is 0 Å². The third-order valence-corrected chi connectivity index (χ3v) is 3.57. The molecule has 0 aliphatic heterocycles. The Labute approximate surface area is 129 Å². The molecule has 4 heteroatoms. The van der Waals surface area contributed by atoms with E-state index in [1.165, 1.54) is 5.39 Å². The van der Waals surface area contributed by atoms with E-state index in [1.54, 1.807) is 4.90 Å². The number of hydrogen-bond donors (Lipinski definition) is 0. The molecular formula is C16H17Cl2NO. The first kappa shape index (κ1) is 15.1. The predicted molar refractivity (Wildman–Crippen MR) is 85.7 cm³/mol. The summed E-state index contributed by atoms with van der Waals surface area (Å²) in [7, 11) is 0. The number of rotatable bonds is 6. The molecule has 2 rings (SSSR count). The number of benzene rings is 2. The van der Waals surface area contributed by atoms with Crippen molar-refractivity contribution in [2.45, 2.75) is 6.42 Å². The largest absolute Gasteiger partial charge is 0.340 e. The van der Waals surface area contributed by atoms with Gasteiger partial charge in [0.05, 0.1) is 6.42 Å². The summed E-state index contributed by atoms with van der Waals surface area (Å²) >= 11 is 11.4. The molecule has 2 nitrogen and oxygen atoms in total. The third kappa shape index (κ3) is 3.87. The van der Waals surface area contributed by atoms with Gasteiger partial charge in [0.2, 0.25) is 5.91 Å². The zero-order chi connectivity index (χ0) is 14.4. The fourth-order valence-electron chi connectivity index (χ4n) is 2.20. The highest BCUT2D eigenvalue weighted by molar-refractivity contribution is 6.18. The van der Waals surface area contributed by atoms with Gasteiger partial charge in [0.1, 0.15) is 0 Å². The highest BCUT2D eigenvalue weighted by atomic mass is 35.5. The second kappa shape index (κ2) is 7.51. The average molecular weight is 310 g/mol. The lowest BCUT2D eigenvalue weighted by atomic mass is 10.0. The second-order valence-corrected chi connectivity index (χ2v) is 5.37. The monoisotopic (exact) mass is 309 g/mol. The Balaban J connectivity index is 2.11. The fourth-order valence-corrected chi connectivity index (χ4v) is 2.61. The van der Waals surface area contributed by atoms with Gasteiger partial charge in [-0.3, -0.25) is 4.79 Å². The van der Waals surface area contributed by atoms with Crippen molar-refractivity contribution in [2.24, 2.45) is 0 Å². The van der Waals surface area contributed by atoms with Gasteiger partial charge < -0.3 is 4.90 Å². The maximum absolute atomic E-state index is 12.2. The first-order valence-electron chi connectivity index (χ1n) is 6.62. The highest BCUT2D eigenvalue weighted by Gasteiger charge is 2.13. The van der Waals surface area contributed by atoms with Crippen molar-refractivity contribution in [3.63, 3.8) is 0 Å². The molecule has 0 aliphatic rings. The summed E-state index contributed by atoms with van der Waals surface area (Å²) in [6.45, 7) is 1.08. The lowest BCUT2D eigenvalue weighted by Crippen LogP contribution is -2.35. The maximum atomic E-state index is 12.2.